The molecular formula is C10H9ClN2O3S. The van der Waals surface area contributed by atoms with Gasteiger partial charge in [-0.3, -0.25) is 0 Å². The molecule has 90 valence electrons. The molecule has 0 bridgehead atoms. The summed E-state index contributed by atoms with van der Waals surface area (Å²) in [5, 5.41) is 5.64. The van der Waals surface area contributed by atoms with Crippen molar-refractivity contribution in [3.63, 3.8) is 0 Å². The van der Waals surface area contributed by atoms with Gasteiger partial charge in [-0.1, -0.05) is 16.3 Å². The summed E-state index contributed by atoms with van der Waals surface area (Å²) in [7, 11) is -4.21. The Hall–Kier alpha value is -1.24. The third kappa shape index (κ3) is 3.36. The van der Waals surface area contributed by atoms with Crippen molar-refractivity contribution in [1.29, 1.82) is 0 Å². The smallest absolute Gasteiger partial charge is 0.196 e. The van der Waals surface area contributed by atoms with Crippen LogP contribution in [0.25, 0.3) is 10.9 Å². The van der Waals surface area contributed by atoms with Gasteiger partial charge in [-0.05, 0) is 18.2 Å². The molecule has 17 heavy (non-hydrogen) atoms. The zero-order valence-corrected chi connectivity index (χ0v) is 10.3. The quantitative estimate of drug-likeness (QED) is 0.610. The third-order valence-electron chi connectivity index (χ3n) is 2.22. The number of halogens is 1. The molecule has 0 spiro atoms. The molecule has 0 amide bonds. The number of rotatable bonds is 3. The van der Waals surface area contributed by atoms with E-state index in [4.69, 9.17) is 11.6 Å². The van der Waals surface area contributed by atoms with Gasteiger partial charge in [0, 0.05) is 21.6 Å². The second-order valence-corrected chi connectivity index (χ2v) is 5.50. The summed E-state index contributed by atoms with van der Waals surface area (Å²) in [5.41, 5.74) is 0.695. The molecule has 0 saturated heterocycles. The Morgan fingerprint density at radius 1 is 1.35 bits per heavy atom. The Kier molecular flexibility index (Phi) is 3.28. The van der Waals surface area contributed by atoms with Crippen LogP contribution in [0.3, 0.4) is 0 Å². The van der Waals surface area contributed by atoms with Gasteiger partial charge >= 0.3 is 0 Å². The van der Waals surface area contributed by atoms with Crippen molar-refractivity contribution in [2.24, 2.45) is 0 Å². The molecule has 2 rings (SSSR count). The highest BCUT2D eigenvalue weighted by Crippen LogP contribution is 2.15. The number of hydrogen-bond donors (Lipinski definition) is 0. The summed E-state index contributed by atoms with van der Waals surface area (Å²) in [6, 6.07) is 6.97. The summed E-state index contributed by atoms with van der Waals surface area (Å²) in [6.45, 7) is 0.0460. The highest BCUT2D eigenvalue weighted by molar-refractivity contribution is 7.85. The minimum absolute atomic E-state index is 0.0460. The SMILES string of the molecule is O=S(=O)([O-])CC[n+]1ccc2cc(Cl)ccc2n1. The molecule has 0 saturated carbocycles. The largest absolute Gasteiger partial charge is 0.748 e. The fraction of sp³-hybridized carbons (Fsp3) is 0.200. The Labute approximate surface area is 103 Å². The van der Waals surface area contributed by atoms with Gasteiger partial charge in [-0.15, -0.1) is 0 Å². The lowest BCUT2D eigenvalue weighted by Gasteiger charge is -2.02. The van der Waals surface area contributed by atoms with Crippen LogP contribution in [-0.2, 0) is 16.7 Å². The fourth-order valence-corrected chi connectivity index (χ4v) is 2.01. The molecule has 1 aromatic carbocycles. The average Bonchev–Trinajstić information content (AvgIpc) is 2.25. The molecule has 0 fully saturated rings. The second kappa shape index (κ2) is 4.56. The summed E-state index contributed by atoms with van der Waals surface area (Å²) in [6.07, 6.45) is 1.61. The monoisotopic (exact) mass is 272 g/mol. The predicted octanol–water partition coefficient (Wildman–Crippen LogP) is 0.721. The average molecular weight is 273 g/mol. The van der Waals surface area contributed by atoms with E-state index in [1.807, 2.05) is 0 Å². The topological polar surface area (TPSA) is 74.0 Å². The zero-order valence-electron chi connectivity index (χ0n) is 8.71. The van der Waals surface area contributed by atoms with Crippen molar-refractivity contribution < 1.29 is 17.7 Å². The first-order valence-corrected chi connectivity index (χ1v) is 6.79. The number of nitrogens with zero attached hydrogens (tertiary/aromatic N) is 2. The van der Waals surface area contributed by atoms with Gasteiger partial charge in [0.15, 0.2) is 12.7 Å². The first-order chi connectivity index (χ1) is 7.94. The van der Waals surface area contributed by atoms with E-state index in [1.54, 1.807) is 30.5 Å². The molecule has 7 heteroatoms. The van der Waals surface area contributed by atoms with Crippen LogP contribution < -0.4 is 4.68 Å². The van der Waals surface area contributed by atoms with Crippen LogP contribution in [0, 0.1) is 0 Å². The fourth-order valence-electron chi connectivity index (χ4n) is 1.42. The lowest BCUT2D eigenvalue weighted by Crippen LogP contribution is -2.40. The van der Waals surface area contributed by atoms with Crippen LogP contribution in [0.1, 0.15) is 0 Å². The Morgan fingerprint density at radius 3 is 2.82 bits per heavy atom. The van der Waals surface area contributed by atoms with Crippen molar-refractivity contribution in [2.75, 3.05) is 5.75 Å². The number of fused-ring (bicyclic) bond motifs is 1. The molecule has 2 aromatic rings. The maximum absolute atomic E-state index is 10.5. The first-order valence-electron chi connectivity index (χ1n) is 4.84. The van der Waals surface area contributed by atoms with Gasteiger partial charge < -0.3 is 4.55 Å². The number of benzene rings is 1. The number of aromatic nitrogens is 2. The zero-order chi connectivity index (χ0) is 12.5. The van der Waals surface area contributed by atoms with E-state index in [1.165, 1.54) is 4.68 Å². The molecule has 0 radical (unpaired) electrons. The van der Waals surface area contributed by atoms with E-state index in [0.717, 1.165) is 5.39 Å². The highest BCUT2D eigenvalue weighted by Gasteiger charge is 2.07. The third-order valence-corrected chi connectivity index (χ3v) is 3.14. The normalized spacial score (nSPS) is 11.9. The van der Waals surface area contributed by atoms with Gasteiger partial charge in [0.2, 0.25) is 0 Å². The summed E-state index contributed by atoms with van der Waals surface area (Å²) in [5.74, 6) is -0.468. The lowest BCUT2D eigenvalue weighted by molar-refractivity contribution is -0.747. The van der Waals surface area contributed by atoms with Crippen LogP contribution >= 0.6 is 11.6 Å². The van der Waals surface area contributed by atoms with Crippen molar-refractivity contribution in [1.82, 2.24) is 5.10 Å². The van der Waals surface area contributed by atoms with Gasteiger partial charge in [-0.25, -0.2) is 8.42 Å². The summed E-state index contributed by atoms with van der Waals surface area (Å²) >= 11 is 5.82. The van der Waals surface area contributed by atoms with E-state index < -0.39 is 15.9 Å². The number of hydrogen-bond acceptors (Lipinski definition) is 4. The van der Waals surface area contributed by atoms with Crippen molar-refractivity contribution in [2.45, 2.75) is 6.54 Å². The molecule has 0 aliphatic heterocycles. The van der Waals surface area contributed by atoms with E-state index in [-0.39, 0.29) is 6.54 Å². The molecule has 0 atom stereocenters. The van der Waals surface area contributed by atoms with Crippen molar-refractivity contribution in [3.05, 3.63) is 35.5 Å². The molecule has 0 aliphatic carbocycles. The van der Waals surface area contributed by atoms with Crippen molar-refractivity contribution >= 4 is 32.6 Å². The van der Waals surface area contributed by atoms with Gasteiger partial charge in [0.1, 0.15) is 15.6 Å². The molecule has 1 aromatic heterocycles. The van der Waals surface area contributed by atoms with E-state index in [0.29, 0.717) is 10.5 Å². The van der Waals surface area contributed by atoms with Crippen molar-refractivity contribution in [3.8, 4) is 0 Å². The van der Waals surface area contributed by atoms with Gasteiger partial charge in [0.25, 0.3) is 0 Å². The van der Waals surface area contributed by atoms with Crippen LogP contribution in [0.5, 0.6) is 0 Å². The standard InChI is InChI=1S/C10H9ClN2O3S/c11-9-1-2-10-8(7-9)3-4-13(12-10)5-6-17(14,15)16/h1-4,7H,5-6H2. The maximum atomic E-state index is 10.5. The van der Waals surface area contributed by atoms with Gasteiger partial charge in [-0.2, -0.15) is 0 Å². The minimum Gasteiger partial charge on any atom is -0.748 e. The first kappa shape index (κ1) is 12.2. The molecule has 0 unspecified atom stereocenters. The van der Waals surface area contributed by atoms with E-state index >= 15 is 0 Å². The van der Waals surface area contributed by atoms with Crippen LogP contribution in [-0.4, -0.2) is 23.8 Å². The Bertz CT molecular complexity index is 658. The molecule has 1 heterocycles. The Morgan fingerprint density at radius 2 is 2.12 bits per heavy atom. The molecule has 0 N–H and O–H groups in total. The van der Waals surface area contributed by atoms with Crippen LogP contribution in [0.4, 0.5) is 0 Å². The summed E-state index contributed by atoms with van der Waals surface area (Å²) in [4.78, 5) is 0. The molecule has 5 nitrogen and oxygen atoms in total. The van der Waals surface area contributed by atoms with Crippen LogP contribution in [0.2, 0.25) is 5.02 Å². The van der Waals surface area contributed by atoms with E-state index in [2.05, 4.69) is 5.10 Å². The van der Waals surface area contributed by atoms with Gasteiger partial charge in [0.05, 0.1) is 5.75 Å². The van der Waals surface area contributed by atoms with Crippen LogP contribution in [0.15, 0.2) is 30.5 Å². The Balaban J connectivity index is 2.29. The lowest BCUT2D eigenvalue weighted by atomic mass is 10.2. The highest BCUT2D eigenvalue weighted by atomic mass is 35.5. The minimum atomic E-state index is -4.21. The van der Waals surface area contributed by atoms with E-state index in [9.17, 15) is 13.0 Å². The summed E-state index contributed by atoms with van der Waals surface area (Å²) < 4.78 is 32.9. The second-order valence-electron chi connectivity index (χ2n) is 3.54. The predicted molar refractivity (Wildman–Crippen MR) is 61.5 cm³/mol. The number of aryl methyl sites for hydroxylation is 1. The molecule has 0 aliphatic rings. The maximum Gasteiger partial charge on any atom is 0.196 e. The molecular weight excluding hydrogens is 264 g/mol.